The van der Waals surface area contributed by atoms with E-state index in [1.165, 1.54) is 12.1 Å². The second-order valence-electron chi connectivity index (χ2n) is 5.12. The quantitative estimate of drug-likeness (QED) is 0.414. The maximum atomic E-state index is 13.2. The lowest BCUT2D eigenvalue weighted by Crippen LogP contribution is -2.01. The van der Waals surface area contributed by atoms with Gasteiger partial charge in [0.2, 0.25) is 0 Å². The normalized spacial score (nSPS) is 11.0. The van der Waals surface area contributed by atoms with Crippen molar-refractivity contribution in [2.45, 2.75) is 24.4 Å². The second kappa shape index (κ2) is 7.36. The molecule has 124 valence electrons. The Hall–Kier alpha value is -1.86. The summed E-state index contributed by atoms with van der Waals surface area (Å²) in [4.78, 5) is 0. The van der Waals surface area contributed by atoms with Crippen LogP contribution in [0.1, 0.15) is 11.3 Å². The van der Waals surface area contributed by atoms with Gasteiger partial charge in [0.15, 0.2) is 11.0 Å². The molecule has 24 heavy (non-hydrogen) atoms. The lowest BCUT2D eigenvalue weighted by Gasteiger charge is -2.08. The standard InChI is InChI=1S/C17H15BrFN3OS/c1-3-7-22-16(14-6-8-23-11(14)2)20-21-17(22)24-10-12-4-5-13(19)9-15(12)18/h3-6,8-9H,1,7,10H2,2H3. The van der Waals surface area contributed by atoms with Gasteiger partial charge in [-0.05, 0) is 30.7 Å². The molecule has 0 fully saturated rings. The van der Waals surface area contributed by atoms with Gasteiger partial charge in [-0.15, -0.1) is 16.8 Å². The van der Waals surface area contributed by atoms with Crippen molar-refractivity contribution >= 4 is 27.7 Å². The maximum Gasteiger partial charge on any atom is 0.192 e. The molecule has 0 saturated carbocycles. The molecule has 0 spiro atoms. The van der Waals surface area contributed by atoms with Crippen LogP contribution in [0.2, 0.25) is 0 Å². The minimum Gasteiger partial charge on any atom is -0.469 e. The third kappa shape index (κ3) is 3.47. The first kappa shape index (κ1) is 17.0. The van der Waals surface area contributed by atoms with Crippen LogP contribution in [-0.4, -0.2) is 14.8 Å². The summed E-state index contributed by atoms with van der Waals surface area (Å²) < 4.78 is 21.3. The van der Waals surface area contributed by atoms with E-state index in [4.69, 9.17) is 4.42 Å². The molecule has 3 aromatic rings. The van der Waals surface area contributed by atoms with Gasteiger partial charge >= 0.3 is 0 Å². The van der Waals surface area contributed by atoms with Gasteiger partial charge in [0, 0.05) is 16.8 Å². The van der Waals surface area contributed by atoms with E-state index in [0.717, 1.165) is 32.3 Å². The highest BCUT2D eigenvalue weighted by Gasteiger charge is 2.17. The minimum atomic E-state index is -0.261. The molecule has 7 heteroatoms. The number of hydrogen-bond acceptors (Lipinski definition) is 4. The van der Waals surface area contributed by atoms with Gasteiger partial charge in [0.05, 0.1) is 11.8 Å². The van der Waals surface area contributed by atoms with Crippen molar-refractivity contribution in [1.29, 1.82) is 0 Å². The van der Waals surface area contributed by atoms with E-state index in [1.54, 1.807) is 30.2 Å². The number of halogens is 2. The van der Waals surface area contributed by atoms with Crippen molar-refractivity contribution in [2.75, 3.05) is 0 Å². The number of aryl methyl sites for hydroxylation is 1. The number of allylic oxidation sites excluding steroid dienone is 1. The third-order valence-corrected chi connectivity index (χ3v) is 5.25. The zero-order valence-electron chi connectivity index (χ0n) is 13.0. The van der Waals surface area contributed by atoms with Crippen molar-refractivity contribution in [2.24, 2.45) is 0 Å². The summed E-state index contributed by atoms with van der Waals surface area (Å²) in [6.07, 6.45) is 3.44. The van der Waals surface area contributed by atoms with Gasteiger partial charge in [-0.3, -0.25) is 4.57 Å². The first-order chi connectivity index (χ1) is 11.6. The molecule has 0 unspecified atom stereocenters. The number of hydrogen-bond donors (Lipinski definition) is 0. The van der Waals surface area contributed by atoms with Gasteiger partial charge in [-0.2, -0.15) is 0 Å². The molecule has 0 amide bonds. The Morgan fingerprint density at radius 1 is 1.38 bits per heavy atom. The van der Waals surface area contributed by atoms with E-state index in [-0.39, 0.29) is 5.82 Å². The summed E-state index contributed by atoms with van der Waals surface area (Å²) in [5, 5.41) is 9.37. The number of rotatable bonds is 6. The first-order valence-electron chi connectivity index (χ1n) is 7.25. The van der Waals surface area contributed by atoms with Crippen LogP contribution in [-0.2, 0) is 12.3 Å². The van der Waals surface area contributed by atoms with Crippen LogP contribution in [0.4, 0.5) is 4.39 Å². The van der Waals surface area contributed by atoms with E-state index in [2.05, 4.69) is 32.7 Å². The van der Waals surface area contributed by atoms with Crippen LogP contribution >= 0.6 is 27.7 Å². The maximum absolute atomic E-state index is 13.2. The van der Waals surface area contributed by atoms with Crippen molar-refractivity contribution in [3.8, 4) is 11.4 Å². The summed E-state index contributed by atoms with van der Waals surface area (Å²) in [5.41, 5.74) is 1.91. The fourth-order valence-corrected chi connectivity index (χ4v) is 3.91. The lowest BCUT2D eigenvalue weighted by atomic mass is 10.2. The highest BCUT2D eigenvalue weighted by atomic mass is 79.9. The second-order valence-corrected chi connectivity index (χ2v) is 6.92. The average Bonchev–Trinajstić information content (AvgIpc) is 3.13. The Bertz CT molecular complexity index is 875. The predicted octanol–water partition coefficient (Wildman–Crippen LogP) is 5.23. The van der Waals surface area contributed by atoms with Crippen LogP contribution in [0.25, 0.3) is 11.4 Å². The zero-order valence-corrected chi connectivity index (χ0v) is 15.4. The van der Waals surface area contributed by atoms with Gasteiger partial charge in [0.1, 0.15) is 11.6 Å². The van der Waals surface area contributed by atoms with Gasteiger partial charge in [0.25, 0.3) is 0 Å². The number of nitrogens with zero attached hydrogens (tertiary/aromatic N) is 3. The molecule has 0 aliphatic rings. The Morgan fingerprint density at radius 2 is 2.21 bits per heavy atom. The molecule has 4 nitrogen and oxygen atoms in total. The van der Waals surface area contributed by atoms with Crippen LogP contribution in [0.3, 0.4) is 0 Å². The summed E-state index contributed by atoms with van der Waals surface area (Å²) in [5.74, 6) is 1.94. The Morgan fingerprint density at radius 3 is 2.88 bits per heavy atom. The molecule has 2 heterocycles. The van der Waals surface area contributed by atoms with E-state index in [1.807, 2.05) is 17.6 Å². The fraction of sp³-hybridized carbons (Fsp3) is 0.176. The van der Waals surface area contributed by atoms with Crippen LogP contribution < -0.4 is 0 Å². The van der Waals surface area contributed by atoms with Crippen molar-refractivity contribution in [3.63, 3.8) is 0 Å². The monoisotopic (exact) mass is 407 g/mol. The molecule has 0 saturated heterocycles. The number of thioether (sulfide) groups is 1. The summed E-state index contributed by atoms with van der Waals surface area (Å²) in [6.45, 7) is 6.30. The third-order valence-electron chi connectivity index (χ3n) is 3.50. The molecule has 3 rings (SSSR count). The SMILES string of the molecule is C=CCn1c(SCc2ccc(F)cc2Br)nnc1-c1ccoc1C. The van der Waals surface area contributed by atoms with E-state index < -0.39 is 0 Å². The highest BCUT2D eigenvalue weighted by molar-refractivity contribution is 9.10. The Balaban J connectivity index is 1.87. The summed E-state index contributed by atoms with van der Waals surface area (Å²) in [6, 6.07) is 6.56. The minimum absolute atomic E-state index is 0.261. The summed E-state index contributed by atoms with van der Waals surface area (Å²) in [7, 11) is 0. The molecule has 0 N–H and O–H groups in total. The molecule has 2 aromatic heterocycles. The van der Waals surface area contributed by atoms with E-state index in [9.17, 15) is 4.39 Å². The van der Waals surface area contributed by atoms with Crippen molar-refractivity contribution in [1.82, 2.24) is 14.8 Å². The highest BCUT2D eigenvalue weighted by Crippen LogP contribution is 2.30. The van der Waals surface area contributed by atoms with Gasteiger partial charge < -0.3 is 4.42 Å². The van der Waals surface area contributed by atoms with E-state index in [0.29, 0.717) is 12.3 Å². The largest absolute Gasteiger partial charge is 0.469 e. The van der Waals surface area contributed by atoms with Crippen LogP contribution in [0, 0.1) is 12.7 Å². The van der Waals surface area contributed by atoms with E-state index >= 15 is 0 Å². The molecule has 0 atom stereocenters. The molecule has 0 radical (unpaired) electrons. The molecule has 1 aromatic carbocycles. The molecule has 0 aliphatic carbocycles. The van der Waals surface area contributed by atoms with Gasteiger partial charge in [-0.1, -0.05) is 39.8 Å². The fourth-order valence-electron chi connectivity index (χ4n) is 2.29. The zero-order chi connectivity index (χ0) is 17.1. The number of furan rings is 1. The number of aromatic nitrogens is 3. The van der Waals surface area contributed by atoms with Crippen molar-refractivity contribution in [3.05, 3.63) is 64.8 Å². The Kier molecular flexibility index (Phi) is 5.20. The topological polar surface area (TPSA) is 43.9 Å². The molecule has 0 aliphatic heterocycles. The Labute approximate surface area is 151 Å². The smallest absolute Gasteiger partial charge is 0.192 e. The average molecular weight is 408 g/mol. The van der Waals surface area contributed by atoms with Gasteiger partial charge in [-0.25, -0.2) is 4.39 Å². The molecular formula is C17H15BrFN3OS. The van der Waals surface area contributed by atoms with Crippen LogP contribution in [0.15, 0.2) is 57.2 Å². The summed E-state index contributed by atoms with van der Waals surface area (Å²) >= 11 is 4.93. The first-order valence-corrected chi connectivity index (χ1v) is 9.03. The lowest BCUT2D eigenvalue weighted by molar-refractivity contribution is 0.534. The molecule has 0 bridgehead atoms. The van der Waals surface area contributed by atoms with Crippen LogP contribution in [0.5, 0.6) is 0 Å². The predicted molar refractivity (Wildman–Crippen MR) is 96.3 cm³/mol. The number of benzene rings is 1. The van der Waals surface area contributed by atoms with Crippen molar-refractivity contribution < 1.29 is 8.81 Å². The molecular weight excluding hydrogens is 393 g/mol.